The summed E-state index contributed by atoms with van der Waals surface area (Å²) in [5.41, 5.74) is 0.662. The Morgan fingerprint density at radius 1 is 0.750 bits per heavy atom. The zero-order valence-corrected chi connectivity index (χ0v) is 17.9. The Morgan fingerprint density at radius 2 is 1.21 bits per heavy atom. The van der Waals surface area contributed by atoms with Crippen molar-refractivity contribution in [3.8, 4) is 0 Å². The molecule has 0 aliphatic heterocycles. The van der Waals surface area contributed by atoms with Crippen molar-refractivity contribution in [2.75, 3.05) is 6.61 Å². The second kappa shape index (κ2) is 11.6. The van der Waals surface area contributed by atoms with Crippen molar-refractivity contribution in [2.24, 2.45) is 23.7 Å². The molecule has 2 fully saturated rings. The molecule has 28 heavy (non-hydrogen) atoms. The summed E-state index contributed by atoms with van der Waals surface area (Å²) in [6.45, 7) is 2.90. The van der Waals surface area contributed by atoms with Gasteiger partial charge in [0.15, 0.2) is 0 Å². The number of benzene rings is 1. The van der Waals surface area contributed by atoms with Crippen molar-refractivity contribution in [1.29, 1.82) is 0 Å². The highest BCUT2D eigenvalue weighted by Gasteiger charge is 2.24. The highest BCUT2D eigenvalue weighted by atomic mass is 16.5. The Hall–Kier alpha value is -1.31. The second-order valence-corrected chi connectivity index (χ2v) is 9.43. The minimum Gasteiger partial charge on any atom is -0.462 e. The summed E-state index contributed by atoms with van der Waals surface area (Å²) in [4.78, 5) is 12.0. The summed E-state index contributed by atoms with van der Waals surface area (Å²) in [6, 6.07) is 9.34. The third kappa shape index (κ3) is 6.94. The third-order valence-corrected chi connectivity index (χ3v) is 7.38. The van der Waals surface area contributed by atoms with E-state index in [1.807, 2.05) is 30.3 Å². The normalized spacial score (nSPS) is 28.0. The molecule has 0 saturated heterocycles. The molecule has 0 spiro atoms. The number of ether oxygens (including phenoxy) is 1. The van der Waals surface area contributed by atoms with Gasteiger partial charge < -0.3 is 4.74 Å². The average molecular weight is 385 g/mol. The molecule has 0 aromatic heterocycles. The van der Waals surface area contributed by atoms with Crippen LogP contribution in [0.3, 0.4) is 0 Å². The zero-order chi connectivity index (χ0) is 19.6. The van der Waals surface area contributed by atoms with Gasteiger partial charge in [-0.05, 0) is 42.2 Å². The van der Waals surface area contributed by atoms with E-state index in [1.54, 1.807) is 0 Å². The van der Waals surface area contributed by atoms with Crippen LogP contribution < -0.4 is 0 Å². The van der Waals surface area contributed by atoms with E-state index in [0.717, 1.165) is 30.1 Å². The molecule has 2 saturated carbocycles. The maximum Gasteiger partial charge on any atom is 0.338 e. The van der Waals surface area contributed by atoms with Gasteiger partial charge in [0.1, 0.15) is 0 Å². The highest BCUT2D eigenvalue weighted by molar-refractivity contribution is 5.89. The van der Waals surface area contributed by atoms with Gasteiger partial charge in [0.25, 0.3) is 0 Å². The van der Waals surface area contributed by atoms with Crippen molar-refractivity contribution < 1.29 is 9.53 Å². The van der Waals surface area contributed by atoms with Crippen LogP contribution in [-0.4, -0.2) is 12.6 Å². The van der Waals surface area contributed by atoms with E-state index in [0.29, 0.717) is 12.2 Å². The number of hydrogen-bond acceptors (Lipinski definition) is 2. The molecule has 2 aliphatic carbocycles. The van der Waals surface area contributed by atoms with Crippen LogP contribution in [0, 0.1) is 23.7 Å². The maximum atomic E-state index is 12.0. The summed E-state index contributed by atoms with van der Waals surface area (Å²) in [7, 11) is 0. The molecule has 2 heteroatoms. The van der Waals surface area contributed by atoms with Crippen molar-refractivity contribution in [3.63, 3.8) is 0 Å². The van der Waals surface area contributed by atoms with E-state index in [2.05, 4.69) is 6.92 Å². The molecular weight excluding hydrogens is 344 g/mol. The molecule has 0 N–H and O–H groups in total. The maximum absolute atomic E-state index is 12.0. The van der Waals surface area contributed by atoms with Crippen LogP contribution in [0.5, 0.6) is 0 Å². The first-order valence-corrected chi connectivity index (χ1v) is 12.0. The van der Waals surface area contributed by atoms with Crippen LogP contribution in [0.15, 0.2) is 30.3 Å². The van der Waals surface area contributed by atoms with E-state index in [1.165, 1.54) is 77.0 Å². The topological polar surface area (TPSA) is 26.3 Å². The lowest BCUT2D eigenvalue weighted by Crippen LogP contribution is -2.19. The molecule has 2 nitrogen and oxygen atoms in total. The van der Waals surface area contributed by atoms with E-state index in [9.17, 15) is 4.79 Å². The van der Waals surface area contributed by atoms with Crippen LogP contribution in [-0.2, 0) is 4.74 Å². The quantitative estimate of drug-likeness (QED) is 0.414. The fraction of sp³-hybridized carbons (Fsp3) is 0.731. The van der Waals surface area contributed by atoms with E-state index < -0.39 is 0 Å². The van der Waals surface area contributed by atoms with Crippen LogP contribution >= 0.6 is 0 Å². The van der Waals surface area contributed by atoms with Crippen LogP contribution in [0.25, 0.3) is 0 Å². The summed E-state index contributed by atoms with van der Waals surface area (Å²) in [6.07, 6.45) is 18.2. The number of carbonyl (C=O) groups is 1. The summed E-state index contributed by atoms with van der Waals surface area (Å²) in [5.74, 6) is 3.58. The predicted octanol–water partition coefficient (Wildman–Crippen LogP) is 7.43. The van der Waals surface area contributed by atoms with Crippen LogP contribution in [0.2, 0.25) is 0 Å². The highest BCUT2D eigenvalue weighted by Crippen LogP contribution is 2.38. The molecule has 2 aliphatic rings. The molecule has 3 rings (SSSR count). The summed E-state index contributed by atoms with van der Waals surface area (Å²) < 4.78 is 5.47. The number of esters is 1. The van der Waals surface area contributed by atoms with Crippen molar-refractivity contribution in [1.82, 2.24) is 0 Å². The van der Waals surface area contributed by atoms with Gasteiger partial charge in [0.05, 0.1) is 12.2 Å². The van der Waals surface area contributed by atoms with Gasteiger partial charge in [0, 0.05) is 0 Å². The van der Waals surface area contributed by atoms with Gasteiger partial charge in [-0.2, -0.15) is 0 Å². The third-order valence-electron chi connectivity index (χ3n) is 7.38. The molecule has 0 atom stereocenters. The molecule has 0 amide bonds. The number of hydrogen-bond donors (Lipinski definition) is 0. The summed E-state index contributed by atoms with van der Waals surface area (Å²) >= 11 is 0. The van der Waals surface area contributed by atoms with Gasteiger partial charge in [0.2, 0.25) is 0 Å². The standard InChI is InChI=1S/C26H40O2/c1-2-6-21-9-11-22(12-10-21)13-14-23-15-17-24(18-16-23)19-20-28-26(27)25-7-4-3-5-8-25/h3-5,7-8,21-24H,2,6,9-20H2,1H3. The van der Waals surface area contributed by atoms with Gasteiger partial charge >= 0.3 is 5.97 Å². The van der Waals surface area contributed by atoms with Crippen molar-refractivity contribution in [3.05, 3.63) is 35.9 Å². The number of carbonyl (C=O) groups excluding carboxylic acids is 1. The Labute approximate surface area is 172 Å². The van der Waals surface area contributed by atoms with E-state index in [4.69, 9.17) is 4.74 Å². The lowest BCUT2D eigenvalue weighted by atomic mass is 9.74. The monoisotopic (exact) mass is 384 g/mol. The average Bonchev–Trinajstić information content (AvgIpc) is 2.75. The molecule has 0 radical (unpaired) electrons. The van der Waals surface area contributed by atoms with Gasteiger partial charge in [-0.15, -0.1) is 0 Å². The first-order valence-electron chi connectivity index (χ1n) is 12.0. The fourth-order valence-corrected chi connectivity index (χ4v) is 5.47. The van der Waals surface area contributed by atoms with Crippen molar-refractivity contribution >= 4 is 5.97 Å². The SMILES string of the molecule is CCCC1CCC(CCC2CCC(CCOC(=O)c3ccccc3)CC2)CC1. The molecule has 0 heterocycles. The Balaban J connectivity index is 1.24. The lowest BCUT2D eigenvalue weighted by Gasteiger charge is -2.32. The van der Waals surface area contributed by atoms with Gasteiger partial charge in [-0.25, -0.2) is 4.79 Å². The minimum absolute atomic E-state index is 0.178. The van der Waals surface area contributed by atoms with E-state index >= 15 is 0 Å². The summed E-state index contributed by atoms with van der Waals surface area (Å²) in [5, 5.41) is 0. The molecule has 1 aromatic carbocycles. The van der Waals surface area contributed by atoms with Crippen LogP contribution in [0.4, 0.5) is 0 Å². The van der Waals surface area contributed by atoms with Crippen LogP contribution in [0.1, 0.15) is 101 Å². The molecule has 156 valence electrons. The molecule has 1 aromatic rings. The Bertz CT molecular complexity index is 551. The first-order chi connectivity index (χ1) is 13.7. The molecular formula is C26H40O2. The zero-order valence-electron chi connectivity index (χ0n) is 17.9. The van der Waals surface area contributed by atoms with E-state index in [-0.39, 0.29) is 5.97 Å². The van der Waals surface area contributed by atoms with Gasteiger partial charge in [-0.3, -0.25) is 0 Å². The fourth-order valence-electron chi connectivity index (χ4n) is 5.47. The molecule has 0 unspecified atom stereocenters. The minimum atomic E-state index is -0.178. The predicted molar refractivity (Wildman–Crippen MR) is 116 cm³/mol. The van der Waals surface area contributed by atoms with Crippen molar-refractivity contribution in [2.45, 2.75) is 90.4 Å². The number of rotatable bonds is 9. The second-order valence-electron chi connectivity index (χ2n) is 9.43. The van der Waals surface area contributed by atoms with Gasteiger partial charge in [-0.1, -0.05) is 102 Å². The smallest absolute Gasteiger partial charge is 0.338 e. The molecule has 0 bridgehead atoms. The Kier molecular flexibility index (Phi) is 8.89. The lowest BCUT2D eigenvalue weighted by molar-refractivity contribution is 0.0469. The Morgan fingerprint density at radius 3 is 1.71 bits per heavy atom. The largest absolute Gasteiger partial charge is 0.462 e. The first kappa shape index (κ1) is 21.4.